The third kappa shape index (κ3) is 3.01. The van der Waals surface area contributed by atoms with Crippen LogP contribution in [0.3, 0.4) is 0 Å². The molecule has 1 N–H and O–H groups in total. The van der Waals surface area contributed by atoms with Crippen LogP contribution in [0.2, 0.25) is 0 Å². The molecule has 22 heavy (non-hydrogen) atoms. The van der Waals surface area contributed by atoms with Crippen molar-refractivity contribution in [3.05, 3.63) is 35.9 Å². The summed E-state index contributed by atoms with van der Waals surface area (Å²) in [6.45, 7) is 4.27. The second kappa shape index (κ2) is 6.11. The summed E-state index contributed by atoms with van der Waals surface area (Å²) >= 11 is 0. The molecule has 0 bridgehead atoms. The van der Waals surface area contributed by atoms with E-state index in [4.69, 9.17) is 0 Å². The number of hydrogen-bond acceptors (Lipinski definition) is 2. The van der Waals surface area contributed by atoms with Crippen molar-refractivity contribution < 1.29 is 9.59 Å². The normalized spacial score (nSPS) is 23.0. The molecule has 1 atom stereocenters. The lowest BCUT2D eigenvalue weighted by Gasteiger charge is -2.33. The molecule has 1 aromatic carbocycles. The van der Waals surface area contributed by atoms with Crippen LogP contribution in [0.15, 0.2) is 30.3 Å². The minimum Gasteiger partial charge on any atom is -0.351 e. The molecule has 1 unspecified atom stereocenters. The van der Waals surface area contributed by atoms with Crippen molar-refractivity contribution in [2.45, 2.75) is 39.2 Å². The van der Waals surface area contributed by atoms with Gasteiger partial charge in [0.15, 0.2) is 0 Å². The number of likely N-dealkylation sites (tertiary alicyclic amines) is 1. The molecule has 1 aromatic rings. The Morgan fingerprint density at radius 3 is 2.64 bits per heavy atom. The van der Waals surface area contributed by atoms with Gasteiger partial charge in [0, 0.05) is 19.6 Å². The maximum absolute atomic E-state index is 12.7. The third-order valence-corrected chi connectivity index (χ3v) is 4.83. The first-order valence-corrected chi connectivity index (χ1v) is 8.23. The van der Waals surface area contributed by atoms with Crippen molar-refractivity contribution in [3.63, 3.8) is 0 Å². The van der Waals surface area contributed by atoms with E-state index in [9.17, 15) is 9.59 Å². The lowest BCUT2D eigenvalue weighted by molar-refractivity contribution is -0.145. The van der Waals surface area contributed by atoms with Gasteiger partial charge in [-0.1, -0.05) is 37.3 Å². The standard InChI is InChI=1S/C18H24N2O2/c1-14-6-5-11-20(13-14)17(22)18(9-10-18)16(21)19-12-15-7-3-2-4-8-15/h2-4,7-8,14H,5-6,9-13H2,1H3,(H,19,21). The maximum Gasteiger partial charge on any atom is 0.238 e. The Balaban J connectivity index is 1.60. The van der Waals surface area contributed by atoms with Gasteiger partial charge in [-0.25, -0.2) is 0 Å². The summed E-state index contributed by atoms with van der Waals surface area (Å²) in [6, 6.07) is 9.82. The maximum atomic E-state index is 12.7. The molecule has 2 fully saturated rings. The van der Waals surface area contributed by atoms with Crippen molar-refractivity contribution in [2.75, 3.05) is 13.1 Å². The summed E-state index contributed by atoms with van der Waals surface area (Å²) in [7, 11) is 0. The third-order valence-electron chi connectivity index (χ3n) is 4.83. The number of carbonyl (C=O) groups excluding carboxylic acids is 2. The van der Waals surface area contributed by atoms with Gasteiger partial charge >= 0.3 is 0 Å². The minimum atomic E-state index is -0.772. The predicted molar refractivity (Wildman–Crippen MR) is 84.9 cm³/mol. The zero-order chi connectivity index (χ0) is 15.6. The quantitative estimate of drug-likeness (QED) is 0.868. The van der Waals surface area contributed by atoms with Crippen molar-refractivity contribution in [2.24, 2.45) is 11.3 Å². The topological polar surface area (TPSA) is 49.4 Å². The van der Waals surface area contributed by atoms with Gasteiger partial charge < -0.3 is 10.2 Å². The fourth-order valence-electron chi connectivity index (χ4n) is 3.29. The van der Waals surface area contributed by atoms with E-state index in [0.29, 0.717) is 25.3 Å². The fraction of sp³-hybridized carbons (Fsp3) is 0.556. The van der Waals surface area contributed by atoms with Crippen LogP contribution in [-0.4, -0.2) is 29.8 Å². The SMILES string of the molecule is CC1CCCN(C(=O)C2(C(=O)NCc3ccccc3)CC2)C1. The molecule has 118 valence electrons. The molecule has 0 aromatic heterocycles. The zero-order valence-corrected chi connectivity index (χ0v) is 13.2. The molecular formula is C18H24N2O2. The summed E-state index contributed by atoms with van der Waals surface area (Å²) in [5.74, 6) is 0.491. The summed E-state index contributed by atoms with van der Waals surface area (Å²) in [4.78, 5) is 27.2. The van der Waals surface area contributed by atoms with Gasteiger partial charge in [0.1, 0.15) is 5.41 Å². The molecule has 2 amide bonds. The van der Waals surface area contributed by atoms with Gasteiger partial charge in [0.2, 0.25) is 11.8 Å². The van der Waals surface area contributed by atoms with Gasteiger partial charge in [0.05, 0.1) is 0 Å². The summed E-state index contributed by atoms with van der Waals surface area (Å²) in [5.41, 5.74) is 0.289. The number of rotatable bonds is 4. The molecule has 1 aliphatic carbocycles. The molecule has 1 aliphatic heterocycles. The van der Waals surface area contributed by atoms with E-state index >= 15 is 0 Å². The van der Waals surface area contributed by atoms with E-state index in [1.54, 1.807) is 0 Å². The smallest absolute Gasteiger partial charge is 0.238 e. The Kier molecular flexibility index (Phi) is 4.19. The van der Waals surface area contributed by atoms with Gasteiger partial charge in [-0.3, -0.25) is 9.59 Å². The van der Waals surface area contributed by atoms with Crippen LogP contribution in [-0.2, 0) is 16.1 Å². The second-order valence-electron chi connectivity index (χ2n) is 6.75. The van der Waals surface area contributed by atoms with E-state index in [1.165, 1.54) is 6.42 Å². The van der Waals surface area contributed by atoms with Gasteiger partial charge in [-0.2, -0.15) is 0 Å². The zero-order valence-electron chi connectivity index (χ0n) is 13.2. The molecule has 4 nitrogen and oxygen atoms in total. The molecule has 0 spiro atoms. The van der Waals surface area contributed by atoms with E-state index in [-0.39, 0.29) is 11.8 Å². The molecule has 4 heteroatoms. The van der Waals surface area contributed by atoms with Crippen LogP contribution in [0.1, 0.15) is 38.2 Å². The van der Waals surface area contributed by atoms with Gasteiger partial charge in [-0.15, -0.1) is 0 Å². The largest absolute Gasteiger partial charge is 0.351 e. The Bertz CT molecular complexity index is 551. The average Bonchev–Trinajstić information content (AvgIpc) is 3.35. The summed E-state index contributed by atoms with van der Waals surface area (Å²) < 4.78 is 0. The fourth-order valence-corrected chi connectivity index (χ4v) is 3.29. The first-order chi connectivity index (χ1) is 10.6. The van der Waals surface area contributed by atoms with Crippen molar-refractivity contribution in [3.8, 4) is 0 Å². The molecule has 1 heterocycles. The first-order valence-electron chi connectivity index (χ1n) is 8.23. The van der Waals surface area contributed by atoms with Crippen LogP contribution < -0.4 is 5.32 Å². The van der Waals surface area contributed by atoms with Crippen LogP contribution >= 0.6 is 0 Å². The number of nitrogens with zero attached hydrogens (tertiary/aromatic N) is 1. The highest BCUT2D eigenvalue weighted by molar-refractivity contribution is 6.07. The number of nitrogens with one attached hydrogen (secondary N) is 1. The number of piperidine rings is 1. The molecule has 1 saturated heterocycles. The van der Waals surface area contributed by atoms with Gasteiger partial charge in [-0.05, 0) is 37.2 Å². The highest BCUT2D eigenvalue weighted by Crippen LogP contribution is 2.48. The predicted octanol–water partition coefficient (Wildman–Crippen LogP) is 2.34. The van der Waals surface area contributed by atoms with Crippen LogP contribution in [0.4, 0.5) is 0 Å². The Morgan fingerprint density at radius 2 is 2.00 bits per heavy atom. The lowest BCUT2D eigenvalue weighted by atomic mass is 9.96. The molecular weight excluding hydrogens is 276 g/mol. The molecule has 2 aliphatic rings. The van der Waals surface area contributed by atoms with E-state index in [0.717, 1.165) is 25.1 Å². The summed E-state index contributed by atoms with van der Waals surface area (Å²) in [5, 5.41) is 2.95. The molecule has 1 saturated carbocycles. The van der Waals surface area contributed by atoms with Crippen molar-refractivity contribution in [1.29, 1.82) is 0 Å². The van der Waals surface area contributed by atoms with Gasteiger partial charge in [0.25, 0.3) is 0 Å². The number of benzene rings is 1. The van der Waals surface area contributed by atoms with E-state index in [2.05, 4.69) is 12.2 Å². The van der Waals surface area contributed by atoms with Crippen LogP contribution in [0, 0.1) is 11.3 Å². The second-order valence-corrected chi connectivity index (χ2v) is 6.75. The highest BCUT2D eigenvalue weighted by atomic mass is 16.2. The number of carbonyl (C=O) groups is 2. The molecule has 3 rings (SSSR count). The van der Waals surface area contributed by atoms with Crippen LogP contribution in [0.25, 0.3) is 0 Å². The lowest BCUT2D eigenvalue weighted by Crippen LogP contribution is -2.48. The minimum absolute atomic E-state index is 0.0459. The van der Waals surface area contributed by atoms with E-state index in [1.807, 2.05) is 35.2 Å². The first kappa shape index (κ1) is 15.1. The Morgan fingerprint density at radius 1 is 1.27 bits per heavy atom. The Labute approximate surface area is 131 Å². The van der Waals surface area contributed by atoms with Crippen LogP contribution in [0.5, 0.6) is 0 Å². The number of hydrogen-bond donors (Lipinski definition) is 1. The molecule has 0 radical (unpaired) electrons. The van der Waals surface area contributed by atoms with E-state index < -0.39 is 5.41 Å². The van der Waals surface area contributed by atoms with Crippen molar-refractivity contribution in [1.82, 2.24) is 10.2 Å². The van der Waals surface area contributed by atoms with Crippen molar-refractivity contribution >= 4 is 11.8 Å². The number of amides is 2. The Hall–Kier alpha value is -1.84. The highest BCUT2D eigenvalue weighted by Gasteiger charge is 2.58. The summed E-state index contributed by atoms with van der Waals surface area (Å²) in [6.07, 6.45) is 3.61. The average molecular weight is 300 g/mol. The monoisotopic (exact) mass is 300 g/mol.